The lowest BCUT2D eigenvalue weighted by Gasteiger charge is -2.05. The van der Waals surface area contributed by atoms with Gasteiger partial charge in [-0.05, 0) is 20.3 Å². The van der Waals surface area contributed by atoms with E-state index in [0.29, 0.717) is 6.54 Å². The molecule has 11 heavy (non-hydrogen) atoms. The zero-order chi connectivity index (χ0) is 8.69. The SMILES string of the molecule is C/C=C/CCNC(=O)C(C)N. The van der Waals surface area contributed by atoms with Crippen LogP contribution in [0.25, 0.3) is 0 Å². The lowest BCUT2D eigenvalue weighted by Crippen LogP contribution is -2.38. The van der Waals surface area contributed by atoms with Crippen LogP contribution in [0.1, 0.15) is 20.3 Å². The van der Waals surface area contributed by atoms with Crippen LogP contribution in [0.15, 0.2) is 12.2 Å². The van der Waals surface area contributed by atoms with E-state index in [2.05, 4.69) is 5.32 Å². The molecule has 0 aliphatic carbocycles. The Hall–Kier alpha value is -0.830. The van der Waals surface area contributed by atoms with E-state index in [1.165, 1.54) is 0 Å². The topological polar surface area (TPSA) is 55.1 Å². The van der Waals surface area contributed by atoms with Gasteiger partial charge in [-0.2, -0.15) is 0 Å². The number of nitrogens with one attached hydrogen (secondary N) is 1. The molecule has 0 spiro atoms. The summed E-state index contributed by atoms with van der Waals surface area (Å²) in [6, 6.07) is -0.402. The van der Waals surface area contributed by atoms with Gasteiger partial charge in [-0.3, -0.25) is 4.79 Å². The van der Waals surface area contributed by atoms with Gasteiger partial charge in [-0.15, -0.1) is 0 Å². The summed E-state index contributed by atoms with van der Waals surface area (Å²) < 4.78 is 0. The van der Waals surface area contributed by atoms with Gasteiger partial charge in [0.25, 0.3) is 0 Å². The molecule has 3 N–H and O–H groups in total. The Labute approximate surface area is 67.7 Å². The van der Waals surface area contributed by atoms with E-state index in [4.69, 9.17) is 5.73 Å². The largest absolute Gasteiger partial charge is 0.354 e. The van der Waals surface area contributed by atoms with Crippen molar-refractivity contribution in [1.82, 2.24) is 5.32 Å². The van der Waals surface area contributed by atoms with Gasteiger partial charge in [-0.1, -0.05) is 12.2 Å². The molecular weight excluding hydrogens is 140 g/mol. The Morgan fingerprint density at radius 3 is 2.82 bits per heavy atom. The Bertz CT molecular complexity index is 141. The summed E-state index contributed by atoms with van der Waals surface area (Å²) >= 11 is 0. The van der Waals surface area contributed by atoms with Gasteiger partial charge in [0.05, 0.1) is 6.04 Å². The molecule has 3 nitrogen and oxygen atoms in total. The summed E-state index contributed by atoms with van der Waals surface area (Å²) in [5.41, 5.74) is 5.32. The number of carbonyl (C=O) groups excluding carboxylic acids is 1. The monoisotopic (exact) mass is 156 g/mol. The van der Waals surface area contributed by atoms with Crippen LogP contribution < -0.4 is 11.1 Å². The molecule has 0 aromatic heterocycles. The Kier molecular flexibility index (Phi) is 5.47. The highest BCUT2D eigenvalue weighted by Crippen LogP contribution is 1.80. The fourth-order valence-electron chi connectivity index (χ4n) is 0.606. The molecule has 0 aromatic rings. The molecule has 3 heteroatoms. The first-order valence-electron chi connectivity index (χ1n) is 3.83. The molecule has 0 radical (unpaired) electrons. The van der Waals surface area contributed by atoms with Crippen molar-refractivity contribution >= 4 is 5.91 Å². The number of amides is 1. The lowest BCUT2D eigenvalue weighted by molar-refractivity contribution is -0.121. The second-order valence-corrected chi connectivity index (χ2v) is 2.44. The van der Waals surface area contributed by atoms with Crippen LogP contribution >= 0.6 is 0 Å². The number of rotatable bonds is 4. The second-order valence-electron chi connectivity index (χ2n) is 2.44. The van der Waals surface area contributed by atoms with Crippen LogP contribution in [-0.2, 0) is 4.79 Å². The molecule has 0 saturated heterocycles. The molecule has 0 bridgehead atoms. The van der Waals surface area contributed by atoms with Crippen LogP contribution in [0.4, 0.5) is 0 Å². The van der Waals surface area contributed by atoms with Gasteiger partial charge >= 0.3 is 0 Å². The summed E-state index contributed by atoms with van der Waals surface area (Å²) in [6.45, 7) is 4.29. The second kappa shape index (κ2) is 5.92. The summed E-state index contributed by atoms with van der Waals surface area (Å²) in [5, 5.41) is 2.70. The first-order valence-corrected chi connectivity index (χ1v) is 3.83. The lowest BCUT2D eigenvalue weighted by atomic mass is 10.3. The van der Waals surface area contributed by atoms with E-state index in [-0.39, 0.29) is 5.91 Å². The molecule has 0 saturated carbocycles. The van der Waals surface area contributed by atoms with Crippen molar-refractivity contribution in [3.63, 3.8) is 0 Å². The molecule has 1 atom stereocenters. The maximum atomic E-state index is 10.8. The molecule has 0 aromatic carbocycles. The van der Waals surface area contributed by atoms with Crippen molar-refractivity contribution in [2.75, 3.05) is 6.54 Å². The van der Waals surface area contributed by atoms with Crippen LogP contribution in [0.3, 0.4) is 0 Å². The summed E-state index contributed by atoms with van der Waals surface area (Å²) in [7, 11) is 0. The van der Waals surface area contributed by atoms with E-state index < -0.39 is 6.04 Å². The van der Waals surface area contributed by atoms with Crippen molar-refractivity contribution in [3.8, 4) is 0 Å². The zero-order valence-corrected chi connectivity index (χ0v) is 7.13. The predicted octanol–water partition coefficient (Wildman–Crippen LogP) is 0.416. The summed E-state index contributed by atoms with van der Waals surface area (Å²) in [5.74, 6) is -0.0884. The summed E-state index contributed by atoms with van der Waals surface area (Å²) in [4.78, 5) is 10.8. The third-order valence-corrected chi connectivity index (χ3v) is 1.26. The van der Waals surface area contributed by atoms with E-state index in [0.717, 1.165) is 6.42 Å². The van der Waals surface area contributed by atoms with Gasteiger partial charge in [0.2, 0.25) is 5.91 Å². The van der Waals surface area contributed by atoms with E-state index in [9.17, 15) is 4.79 Å². The molecule has 0 rings (SSSR count). The average Bonchev–Trinajstić information content (AvgIpc) is 1.97. The quantitative estimate of drug-likeness (QED) is 0.457. The number of allylic oxidation sites excluding steroid dienone is 1. The van der Waals surface area contributed by atoms with Gasteiger partial charge in [0.15, 0.2) is 0 Å². The zero-order valence-electron chi connectivity index (χ0n) is 7.13. The van der Waals surface area contributed by atoms with Gasteiger partial charge in [0, 0.05) is 6.54 Å². The fourth-order valence-corrected chi connectivity index (χ4v) is 0.606. The standard InChI is InChI=1S/C8H16N2O/c1-3-4-5-6-10-8(11)7(2)9/h3-4,7H,5-6,9H2,1-2H3,(H,10,11)/b4-3+. The van der Waals surface area contributed by atoms with Crippen molar-refractivity contribution in [2.24, 2.45) is 5.73 Å². The molecule has 0 fully saturated rings. The minimum atomic E-state index is -0.402. The third kappa shape index (κ3) is 5.61. The summed E-state index contributed by atoms with van der Waals surface area (Å²) in [6.07, 6.45) is 4.83. The average molecular weight is 156 g/mol. The molecule has 0 heterocycles. The molecule has 1 unspecified atom stereocenters. The van der Waals surface area contributed by atoms with Crippen LogP contribution in [0.2, 0.25) is 0 Å². The van der Waals surface area contributed by atoms with Crippen molar-refractivity contribution in [1.29, 1.82) is 0 Å². The minimum absolute atomic E-state index is 0.0884. The Balaban J connectivity index is 3.32. The minimum Gasteiger partial charge on any atom is -0.354 e. The first kappa shape index (κ1) is 10.2. The first-order chi connectivity index (χ1) is 5.18. The highest BCUT2D eigenvalue weighted by atomic mass is 16.2. The number of hydrogen-bond donors (Lipinski definition) is 2. The maximum Gasteiger partial charge on any atom is 0.236 e. The maximum absolute atomic E-state index is 10.8. The predicted molar refractivity (Wildman–Crippen MR) is 46.1 cm³/mol. The normalized spacial score (nSPS) is 13.4. The molecule has 64 valence electrons. The van der Waals surface area contributed by atoms with E-state index in [1.54, 1.807) is 6.92 Å². The smallest absolute Gasteiger partial charge is 0.236 e. The molecule has 1 amide bonds. The Morgan fingerprint density at radius 2 is 2.36 bits per heavy atom. The highest BCUT2D eigenvalue weighted by Gasteiger charge is 2.03. The third-order valence-electron chi connectivity index (χ3n) is 1.26. The van der Waals surface area contributed by atoms with Crippen LogP contribution in [-0.4, -0.2) is 18.5 Å². The molecule has 0 aliphatic rings. The van der Waals surface area contributed by atoms with E-state index >= 15 is 0 Å². The number of carbonyl (C=O) groups is 1. The van der Waals surface area contributed by atoms with Crippen LogP contribution in [0.5, 0.6) is 0 Å². The highest BCUT2D eigenvalue weighted by molar-refractivity contribution is 5.80. The number of hydrogen-bond acceptors (Lipinski definition) is 2. The van der Waals surface area contributed by atoms with Gasteiger partial charge < -0.3 is 11.1 Å². The van der Waals surface area contributed by atoms with Gasteiger partial charge in [-0.25, -0.2) is 0 Å². The Morgan fingerprint density at radius 1 is 1.73 bits per heavy atom. The van der Waals surface area contributed by atoms with Crippen molar-refractivity contribution < 1.29 is 4.79 Å². The van der Waals surface area contributed by atoms with Crippen molar-refractivity contribution in [3.05, 3.63) is 12.2 Å². The van der Waals surface area contributed by atoms with Crippen molar-refractivity contribution in [2.45, 2.75) is 26.3 Å². The molecule has 0 aliphatic heterocycles. The molecular formula is C8H16N2O. The van der Waals surface area contributed by atoms with Gasteiger partial charge in [0.1, 0.15) is 0 Å². The van der Waals surface area contributed by atoms with Crippen LogP contribution in [0, 0.1) is 0 Å². The number of nitrogens with two attached hydrogens (primary N) is 1. The van der Waals surface area contributed by atoms with E-state index in [1.807, 2.05) is 19.1 Å². The fraction of sp³-hybridized carbons (Fsp3) is 0.625.